The van der Waals surface area contributed by atoms with Gasteiger partial charge in [0, 0.05) is 27.4 Å². The summed E-state index contributed by atoms with van der Waals surface area (Å²) >= 11 is 12.0. The number of hydrogen-bond acceptors (Lipinski definition) is 2. The van der Waals surface area contributed by atoms with Gasteiger partial charge in [-0.1, -0.05) is 53.5 Å². The smallest absolute Gasteiger partial charge is 0.248 e. The van der Waals surface area contributed by atoms with Crippen molar-refractivity contribution in [2.24, 2.45) is 0 Å². The average Bonchev–Trinajstić information content (AvgIpc) is 3.13. The molecule has 0 saturated heterocycles. The fourth-order valence-corrected chi connectivity index (χ4v) is 3.44. The van der Waals surface area contributed by atoms with Crippen LogP contribution in [0.15, 0.2) is 66.7 Å². The lowest BCUT2D eigenvalue weighted by Gasteiger charge is -2.08. The lowest BCUT2D eigenvalue weighted by Crippen LogP contribution is -2.09. The van der Waals surface area contributed by atoms with Crippen LogP contribution < -0.4 is 5.32 Å². The van der Waals surface area contributed by atoms with Gasteiger partial charge in [-0.2, -0.15) is 0 Å². The number of amides is 1. The first-order valence-corrected chi connectivity index (χ1v) is 9.75. The Kier molecular flexibility index (Phi) is 5.38. The van der Waals surface area contributed by atoms with Gasteiger partial charge in [-0.3, -0.25) is 4.79 Å². The third-order valence-corrected chi connectivity index (χ3v) is 5.10. The Labute approximate surface area is 178 Å². The number of para-hydroxylation sites is 2. The van der Waals surface area contributed by atoms with Gasteiger partial charge in [-0.15, -0.1) is 0 Å². The lowest BCUT2D eigenvalue weighted by molar-refractivity contribution is -0.111. The van der Waals surface area contributed by atoms with Crippen molar-refractivity contribution >= 4 is 51.9 Å². The van der Waals surface area contributed by atoms with Crippen molar-refractivity contribution in [1.82, 2.24) is 9.97 Å². The molecule has 0 aliphatic heterocycles. The van der Waals surface area contributed by atoms with E-state index in [0.717, 1.165) is 39.2 Å². The minimum Gasteiger partial charge on any atom is -0.338 e. The second-order valence-electron chi connectivity index (χ2n) is 6.62. The van der Waals surface area contributed by atoms with Crippen molar-refractivity contribution in [3.63, 3.8) is 0 Å². The Hall–Kier alpha value is -3.08. The molecule has 0 saturated carbocycles. The number of benzene rings is 3. The van der Waals surface area contributed by atoms with E-state index >= 15 is 0 Å². The van der Waals surface area contributed by atoms with Gasteiger partial charge < -0.3 is 10.3 Å². The van der Waals surface area contributed by atoms with Gasteiger partial charge in [0.15, 0.2) is 0 Å². The summed E-state index contributed by atoms with van der Waals surface area (Å²) in [6.45, 7) is 1.94. The molecule has 0 unspecified atom stereocenters. The van der Waals surface area contributed by atoms with Gasteiger partial charge in [-0.25, -0.2) is 4.98 Å². The lowest BCUT2D eigenvalue weighted by atomic mass is 10.1. The first-order valence-electron chi connectivity index (χ1n) is 8.99. The summed E-state index contributed by atoms with van der Waals surface area (Å²) in [5, 5.41) is 3.96. The predicted octanol–water partition coefficient (Wildman–Crippen LogP) is 6.50. The zero-order valence-electron chi connectivity index (χ0n) is 15.5. The summed E-state index contributed by atoms with van der Waals surface area (Å²) in [5.41, 5.74) is 5.16. The highest BCUT2D eigenvalue weighted by molar-refractivity contribution is 6.35. The van der Waals surface area contributed by atoms with Crippen LogP contribution in [-0.2, 0) is 4.79 Å². The summed E-state index contributed by atoms with van der Waals surface area (Å²) in [7, 11) is 0. The van der Waals surface area contributed by atoms with Gasteiger partial charge in [-0.05, 0) is 54.5 Å². The molecule has 0 radical (unpaired) electrons. The molecular weight excluding hydrogens is 405 g/mol. The fourth-order valence-electron chi connectivity index (χ4n) is 2.97. The van der Waals surface area contributed by atoms with E-state index in [9.17, 15) is 4.79 Å². The molecule has 0 aliphatic rings. The van der Waals surface area contributed by atoms with E-state index in [-0.39, 0.29) is 5.91 Å². The number of imidazole rings is 1. The van der Waals surface area contributed by atoms with Crippen molar-refractivity contribution in [2.75, 3.05) is 5.32 Å². The molecule has 0 aliphatic carbocycles. The quantitative estimate of drug-likeness (QED) is 0.369. The number of hydrogen-bond donors (Lipinski definition) is 2. The molecule has 1 amide bonds. The summed E-state index contributed by atoms with van der Waals surface area (Å²) in [6.07, 6.45) is 3.11. The number of carbonyl (C=O) groups is 1. The van der Waals surface area contributed by atoms with Crippen molar-refractivity contribution < 1.29 is 4.79 Å². The molecule has 1 heterocycles. The molecule has 144 valence electrons. The molecule has 0 spiro atoms. The van der Waals surface area contributed by atoms with Gasteiger partial charge in [0.1, 0.15) is 5.82 Å². The Balaban J connectivity index is 1.56. The highest BCUT2D eigenvalue weighted by Crippen LogP contribution is 2.26. The average molecular weight is 422 g/mol. The number of aryl methyl sites for hydroxylation is 1. The maximum atomic E-state index is 12.4. The second kappa shape index (κ2) is 8.11. The van der Waals surface area contributed by atoms with E-state index in [2.05, 4.69) is 15.3 Å². The molecule has 6 heteroatoms. The molecule has 3 aromatic carbocycles. The van der Waals surface area contributed by atoms with Crippen LogP contribution in [0.3, 0.4) is 0 Å². The molecule has 1 aromatic heterocycles. The monoisotopic (exact) mass is 421 g/mol. The zero-order valence-corrected chi connectivity index (χ0v) is 17.1. The van der Waals surface area contributed by atoms with E-state index in [1.54, 1.807) is 24.3 Å². The van der Waals surface area contributed by atoms with Crippen molar-refractivity contribution in [3.05, 3.63) is 87.9 Å². The van der Waals surface area contributed by atoms with Crippen LogP contribution in [0.5, 0.6) is 0 Å². The van der Waals surface area contributed by atoms with Crippen molar-refractivity contribution in [2.45, 2.75) is 6.92 Å². The molecular formula is C23H17Cl2N3O. The zero-order chi connectivity index (χ0) is 20.4. The molecule has 0 fully saturated rings. The van der Waals surface area contributed by atoms with E-state index < -0.39 is 0 Å². The van der Waals surface area contributed by atoms with Crippen molar-refractivity contribution in [1.29, 1.82) is 0 Å². The van der Waals surface area contributed by atoms with E-state index in [1.165, 1.54) is 6.08 Å². The van der Waals surface area contributed by atoms with Crippen molar-refractivity contribution in [3.8, 4) is 11.4 Å². The van der Waals surface area contributed by atoms with Gasteiger partial charge in [0.25, 0.3) is 0 Å². The number of nitrogens with zero attached hydrogens (tertiary/aromatic N) is 1. The van der Waals surface area contributed by atoms with E-state index in [1.807, 2.05) is 49.4 Å². The van der Waals surface area contributed by atoms with Crippen LogP contribution in [0, 0.1) is 6.92 Å². The molecule has 2 N–H and O–H groups in total. The summed E-state index contributed by atoms with van der Waals surface area (Å²) in [6, 6.07) is 18.8. The molecule has 4 rings (SSSR count). The Bertz CT molecular complexity index is 1210. The highest BCUT2D eigenvalue weighted by atomic mass is 35.5. The number of aromatic nitrogens is 2. The van der Waals surface area contributed by atoms with Crippen LogP contribution in [0.2, 0.25) is 10.0 Å². The maximum absolute atomic E-state index is 12.4. The normalized spacial score (nSPS) is 11.3. The standard InChI is InChI=1S/C23H17Cl2N3O/c1-14-6-7-16(23-27-19-4-2-3-5-20(19)28-23)12-21(14)26-22(29)11-9-15-8-10-17(24)13-18(15)25/h2-13H,1H3,(H,26,29)(H,27,28)/b11-9-. The third-order valence-electron chi connectivity index (χ3n) is 4.54. The first kappa shape index (κ1) is 19.2. The van der Waals surface area contributed by atoms with Gasteiger partial charge >= 0.3 is 0 Å². The number of rotatable bonds is 4. The third kappa shape index (κ3) is 4.34. The number of anilines is 1. The number of fused-ring (bicyclic) bond motifs is 1. The van der Waals surface area contributed by atoms with Gasteiger partial charge in [0.05, 0.1) is 11.0 Å². The van der Waals surface area contributed by atoms with Crippen LogP contribution in [0.4, 0.5) is 5.69 Å². The molecule has 4 nitrogen and oxygen atoms in total. The van der Waals surface area contributed by atoms with Crippen LogP contribution in [0.1, 0.15) is 11.1 Å². The fraction of sp³-hybridized carbons (Fsp3) is 0.0435. The van der Waals surface area contributed by atoms with Crippen LogP contribution >= 0.6 is 23.2 Å². The Morgan fingerprint density at radius 3 is 2.69 bits per heavy atom. The maximum Gasteiger partial charge on any atom is 0.248 e. The number of H-pyrrole nitrogens is 1. The number of aromatic amines is 1. The first-order chi connectivity index (χ1) is 14.0. The van der Waals surface area contributed by atoms with Crippen LogP contribution in [-0.4, -0.2) is 15.9 Å². The SMILES string of the molecule is Cc1ccc(-c2nc3ccccc3[nH]2)cc1NC(=O)/C=C\c1ccc(Cl)cc1Cl. The molecule has 0 bridgehead atoms. The minimum atomic E-state index is -0.249. The summed E-state index contributed by atoms with van der Waals surface area (Å²) in [5.74, 6) is 0.506. The van der Waals surface area contributed by atoms with Gasteiger partial charge in [0.2, 0.25) is 5.91 Å². The van der Waals surface area contributed by atoms with E-state index in [0.29, 0.717) is 10.0 Å². The highest BCUT2D eigenvalue weighted by Gasteiger charge is 2.09. The largest absolute Gasteiger partial charge is 0.338 e. The second-order valence-corrected chi connectivity index (χ2v) is 7.46. The van der Waals surface area contributed by atoms with Crippen LogP contribution in [0.25, 0.3) is 28.5 Å². The number of carbonyl (C=O) groups excluding carboxylic acids is 1. The topological polar surface area (TPSA) is 57.8 Å². The Morgan fingerprint density at radius 2 is 1.90 bits per heavy atom. The summed E-state index contributed by atoms with van der Waals surface area (Å²) < 4.78 is 0. The predicted molar refractivity (Wildman–Crippen MR) is 120 cm³/mol. The number of nitrogens with one attached hydrogen (secondary N) is 2. The molecule has 0 atom stereocenters. The summed E-state index contributed by atoms with van der Waals surface area (Å²) in [4.78, 5) is 20.3. The molecule has 4 aromatic rings. The van der Waals surface area contributed by atoms with E-state index in [4.69, 9.17) is 23.2 Å². The molecule has 29 heavy (non-hydrogen) atoms. The number of halogens is 2. The minimum absolute atomic E-state index is 0.249. The Morgan fingerprint density at radius 1 is 1.07 bits per heavy atom.